The van der Waals surface area contributed by atoms with Gasteiger partial charge in [0.25, 0.3) is 0 Å². The molecule has 146 valence electrons. The number of pyridine rings is 2. The van der Waals surface area contributed by atoms with Crippen molar-refractivity contribution >= 4 is 11.4 Å². The Balaban J connectivity index is 1.85. The summed E-state index contributed by atoms with van der Waals surface area (Å²) in [5.41, 5.74) is 4.43. The molecule has 0 amide bonds. The molecular weight excluding hydrogens is 356 g/mol. The second-order valence-corrected chi connectivity index (χ2v) is 5.85. The van der Waals surface area contributed by atoms with E-state index in [9.17, 15) is 0 Å². The number of aromatic nitrogens is 2. The van der Waals surface area contributed by atoms with Crippen molar-refractivity contribution in [3.63, 3.8) is 0 Å². The highest BCUT2D eigenvalue weighted by Crippen LogP contribution is 2.05. The highest BCUT2D eigenvalue weighted by atomic mass is 16.6. The van der Waals surface area contributed by atoms with Gasteiger partial charge in [0, 0.05) is 5.69 Å². The molecule has 7 nitrogen and oxygen atoms in total. The van der Waals surface area contributed by atoms with Crippen molar-refractivity contribution in [3.8, 4) is 11.8 Å². The van der Waals surface area contributed by atoms with Crippen LogP contribution in [0.3, 0.4) is 0 Å². The quantitative estimate of drug-likeness (QED) is 0.329. The Kier molecular flexibility index (Phi) is 8.63. The molecule has 0 saturated carbocycles. The summed E-state index contributed by atoms with van der Waals surface area (Å²) < 4.78 is 0. The monoisotopic (exact) mass is 380 g/mol. The van der Waals surface area contributed by atoms with Crippen molar-refractivity contribution in [2.75, 3.05) is 20.3 Å². The first-order valence-corrected chi connectivity index (χ1v) is 8.92. The molecule has 0 saturated heterocycles. The summed E-state index contributed by atoms with van der Waals surface area (Å²) in [7, 11) is 1.52. The fourth-order valence-corrected chi connectivity index (χ4v) is 2.35. The Labute approximate surface area is 165 Å². The largest absolute Gasteiger partial charge is 0.399 e. The maximum absolute atomic E-state index is 8.76. The Morgan fingerprint density at radius 1 is 1.04 bits per heavy atom. The summed E-state index contributed by atoms with van der Waals surface area (Å²) in [6.45, 7) is 3.96. The van der Waals surface area contributed by atoms with Crippen LogP contribution in [0, 0.1) is 11.8 Å². The molecule has 0 unspecified atom stereocenters. The second-order valence-electron chi connectivity index (χ2n) is 5.85. The number of hydrogen-bond acceptors (Lipinski definition) is 7. The number of aryl methyl sites for hydroxylation is 1. The number of aliphatic hydroxyl groups excluding tert-OH is 1. The van der Waals surface area contributed by atoms with Crippen molar-refractivity contribution in [3.05, 3.63) is 59.2 Å². The average Bonchev–Trinajstić information content (AvgIpc) is 2.72. The van der Waals surface area contributed by atoms with Crippen LogP contribution >= 0.6 is 0 Å². The van der Waals surface area contributed by atoms with Crippen molar-refractivity contribution in [2.24, 2.45) is 10.3 Å². The van der Waals surface area contributed by atoms with Gasteiger partial charge in [0.15, 0.2) is 0 Å². The third-order valence-electron chi connectivity index (χ3n) is 3.69. The van der Waals surface area contributed by atoms with E-state index in [2.05, 4.69) is 32.1 Å². The van der Waals surface area contributed by atoms with Gasteiger partial charge in [-0.25, -0.2) is 4.98 Å². The summed E-state index contributed by atoms with van der Waals surface area (Å²) in [5, 5.41) is 16.8. The Bertz CT molecular complexity index is 898. The molecule has 0 aliphatic carbocycles. The Morgan fingerprint density at radius 2 is 1.75 bits per heavy atom. The summed E-state index contributed by atoms with van der Waals surface area (Å²) in [6, 6.07) is 11.3. The number of nitrogens with zero attached hydrogens (tertiary/aromatic N) is 4. The minimum absolute atomic E-state index is 0.196. The molecule has 1 N–H and O–H groups in total. The van der Waals surface area contributed by atoms with Crippen molar-refractivity contribution < 1.29 is 14.8 Å². The molecule has 0 aromatic carbocycles. The minimum atomic E-state index is -0.196. The summed E-state index contributed by atoms with van der Waals surface area (Å²) in [6.07, 6.45) is 1.55. The molecule has 0 spiro atoms. The zero-order valence-corrected chi connectivity index (χ0v) is 16.3. The zero-order valence-electron chi connectivity index (χ0n) is 16.3. The van der Waals surface area contributed by atoms with Gasteiger partial charge in [-0.2, -0.15) is 0 Å². The molecule has 0 aliphatic rings. The smallest absolute Gasteiger partial charge is 0.117 e. The van der Waals surface area contributed by atoms with Gasteiger partial charge >= 0.3 is 0 Å². The lowest BCUT2D eigenvalue weighted by atomic mass is 10.2. The van der Waals surface area contributed by atoms with Gasteiger partial charge in [-0.05, 0) is 56.9 Å². The predicted molar refractivity (Wildman–Crippen MR) is 108 cm³/mol. The Morgan fingerprint density at radius 3 is 2.50 bits per heavy atom. The zero-order chi connectivity index (χ0) is 20.2. The van der Waals surface area contributed by atoms with Gasteiger partial charge in [-0.15, -0.1) is 0 Å². The molecule has 0 fully saturated rings. The van der Waals surface area contributed by atoms with Gasteiger partial charge in [0.1, 0.15) is 37.4 Å². The SMILES string of the molecule is CON=C(C)c1cccc(CCCON=C(C)c2cccc(C#CCO)n2)n1. The van der Waals surface area contributed by atoms with Crippen LogP contribution in [-0.2, 0) is 16.1 Å². The molecule has 7 heteroatoms. The summed E-state index contributed by atoms with van der Waals surface area (Å²) >= 11 is 0. The average molecular weight is 380 g/mol. The maximum atomic E-state index is 8.76. The van der Waals surface area contributed by atoms with Crippen LogP contribution in [0.2, 0.25) is 0 Å². The minimum Gasteiger partial charge on any atom is -0.399 e. The third-order valence-corrected chi connectivity index (χ3v) is 3.69. The highest BCUT2D eigenvalue weighted by molar-refractivity contribution is 5.97. The van der Waals surface area contributed by atoms with Crippen molar-refractivity contribution in [1.82, 2.24) is 9.97 Å². The lowest BCUT2D eigenvalue weighted by molar-refractivity contribution is 0.141. The lowest BCUT2D eigenvalue weighted by Gasteiger charge is -2.05. The van der Waals surface area contributed by atoms with Crippen molar-refractivity contribution in [2.45, 2.75) is 26.7 Å². The predicted octanol–water partition coefficient (Wildman–Crippen LogP) is 2.56. The van der Waals surface area contributed by atoms with E-state index in [1.165, 1.54) is 7.11 Å². The van der Waals surface area contributed by atoms with Crippen LogP contribution in [-0.4, -0.2) is 46.8 Å². The van der Waals surface area contributed by atoms with Gasteiger partial charge in [-0.1, -0.05) is 28.4 Å². The van der Waals surface area contributed by atoms with Gasteiger partial charge in [-0.3, -0.25) is 4.98 Å². The molecule has 0 bridgehead atoms. The summed E-state index contributed by atoms with van der Waals surface area (Å²) in [4.78, 5) is 19.1. The van der Waals surface area contributed by atoms with E-state index in [1.807, 2.05) is 44.2 Å². The standard InChI is InChI=1S/C21H24N4O3/c1-16(24-27-3)20-12-5-9-19(23-20)11-7-15-28-25-17(2)21-13-4-8-18(22-21)10-6-14-26/h4-5,8-9,12-13,26H,7,11,14-15H2,1-3H3. The van der Waals surface area contributed by atoms with Crippen LogP contribution in [0.4, 0.5) is 0 Å². The summed E-state index contributed by atoms with van der Waals surface area (Å²) in [5.74, 6) is 5.35. The van der Waals surface area contributed by atoms with Crippen LogP contribution in [0.1, 0.15) is 43.0 Å². The van der Waals surface area contributed by atoms with Crippen LogP contribution in [0.5, 0.6) is 0 Å². The molecule has 2 aromatic rings. The van der Waals surface area contributed by atoms with Crippen LogP contribution < -0.4 is 0 Å². The molecule has 2 heterocycles. The number of aliphatic hydroxyl groups is 1. The van der Waals surface area contributed by atoms with E-state index in [4.69, 9.17) is 14.8 Å². The van der Waals surface area contributed by atoms with E-state index < -0.39 is 0 Å². The first-order valence-electron chi connectivity index (χ1n) is 8.92. The fraction of sp³-hybridized carbons (Fsp3) is 0.333. The molecule has 0 aliphatic heterocycles. The van der Waals surface area contributed by atoms with Crippen LogP contribution in [0.25, 0.3) is 0 Å². The molecular formula is C21H24N4O3. The van der Waals surface area contributed by atoms with Gasteiger partial charge in [0.2, 0.25) is 0 Å². The van der Waals surface area contributed by atoms with E-state index in [0.29, 0.717) is 23.7 Å². The van der Waals surface area contributed by atoms with E-state index >= 15 is 0 Å². The lowest BCUT2D eigenvalue weighted by Crippen LogP contribution is -2.04. The van der Waals surface area contributed by atoms with E-state index in [-0.39, 0.29) is 6.61 Å². The number of rotatable bonds is 8. The third kappa shape index (κ3) is 6.82. The molecule has 0 radical (unpaired) electrons. The molecule has 2 aromatic heterocycles. The molecule has 2 rings (SSSR count). The number of hydrogen-bond donors (Lipinski definition) is 1. The fourth-order valence-electron chi connectivity index (χ4n) is 2.35. The van der Waals surface area contributed by atoms with Crippen LogP contribution in [0.15, 0.2) is 46.7 Å². The maximum Gasteiger partial charge on any atom is 0.117 e. The van der Waals surface area contributed by atoms with Crippen molar-refractivity contribution in [1.29, 1.82) is 0 Å². The normalized spacial score (nSPS) is 11.6. The van der Waals surface area contributed by atoms with E-state index in [1.54, 1.807) is 6.07 Å². The first kappa shape index (κ1) is 21.1. The topological polar surface area (TPSA) is 89.2 Å². The first-order chi connectivity index (χ1) is 13.6. The second kappa shape index (κ2) is 11.5. The highest BCUT2D eigenvalue weighted by Gasteiger charge is 2.03. The number of oxime groups is 2. The molecule has 28 heavy (non-hydrogen) atoms. The molecule has 0 atom stereocenters. The Hall–Kier alpha value is -3.24. The van der Waals surface area contributed by atoms with Gasteiger partial charge in [0.05, 0.1) is 11.4 Å². The van der Waals surface area contributed by atoms with E-state index in [0.717, 1.165) is 29.9 Å². The van der Waals surface area contributed by atoms with Gasteiger partial charge < -0.3 is 14.8 Å².